The maximum Gasteiger partial charge on any atom is 0.270 e. The molecule has 1 aliphatic heterocycles. The first-order chi connectivity index (χ1) is 19.6. The highest BCUT2D eigenvalue weighted by Crippen LogP contribution is 2.30. The summed E-state index contributed by atoms with van der Waals surface area (Å²) >= 11 is 5.48. The first kappa shape index (κ1) is 28.2. The van der Waals surface area contributed by atoms with Gasteiger partial charge in [-0.15, -0.1) is 10.2 Å². The zero-order valence-corrected chi connectivity index (χ0v) is 24.4. The number of hydrogen-bond acceptors (Lipinski definition) is 7. The highest BCUT2D eigenvalue weighted by molar-refractivity contribution is 7.80. The van der Waals surface area contributed by atoms with Crippen LogP contribution in [0.2, 0.25) is 0 Å². The summed E-state index contributed by atoms with van der Waals surface area (Å²) in [6, 6.07) is 16.3. The number of aromatic nitrogens is 3. The maximum atomic E-state index is 13.4. The number of carbonyl (C=O) groups excluding carboxylic acids is 1. The minimum atomic E-state index is -0.505. The monoisotopic (exact) mass is 571 g/mol. The van der Waals surface area contributed by atoms with Gasteiger partial charge in [0.15, 0.2) is 5.11 Å². The van der Waals surface area contributed by atoms with Crippen molar-refractivity contribution in [1.82, 2.24) is 20.3 Å². The quantitative estimate of drug-likeness (QED) is 0.161. The molecule has 4 aromatic rings. The zero-order chi connectivity index (χ0) is 29.3. The van der Waals surface area contributed by atoms with Crippen LogP contribution in [0.15, 0.2) is 54.6 Å². The van der Waals surface area contributed by atoms with Gasteiger partial charge in [-0.25, -0.2) is 0 Å². The van der Waals surface area contributed by atoms with Crippen LogP contribution in [0.25, 0.3) is 16.7 Å². The number of aryl methyl sites for hydroxylation is 1. The maximum absolute atomic E-state index is 13.4. The lowest BCUT2D eigenvalue weighted by Crippen LogP contribution is -2.37. The van der Waals surface area contributed by atoms with Gasteiger partial charge in [0, 0.05) is 30.9 Å². The molecule has 0 aliphatic carbocycles. The molecule has 41 heavy (non-hydrogen) atoms. The fourth-order valence-electron chi connectivity index (χ4n) is 4.98. The number of nitro benzene ring substituents is 1. The standard InChI is InChI=1S/C30H33N7O3S/c1-18(2)21-5-7-22(8-6-21)36-33-26-15-20(4)25(17-27(26)34-36)31-30(41)32-29(38)24-16-23(37(39)40)9-10-28(24)35-13-11-19(3)12-14-35/h5-10,15-19H,11-14H2,1-4H3,(H2,31,32,38,41). The molecule has 1 amide bonds. The Kier molecular flexibility index (Phi) is 7.98. The number of carbonyl (C=O) groups is 1. The van der Waals surface area contributed by atoms with Gasteiger partial charge in [0.25, 0.3) is 11.6 Å². The third-order valence-electron chi connectivity index (χ3n) is 7.55. The molecule has 0 radical (unpaired) electrons. The highest BCUT2D eigenvalue weighted by Gasteiger charge is 2.24. The normalized spacial score (nSPS) is 13.9. The minimum absolute atomic E-state index is 0.0823. The lowest BCUT2D eigenvalue weighted by atomic mass is 9.98. The number of nitrogens with zero attached hydrogens (tertiary/aromatic N) is 5. The Balaban J connectivity index is 1.34. The van der Waals surface area contributed by atoms with E-state index in [0.717, 1.165) is 42.7 Å². The van der Waals surface area contributed by atoms with Crippen LogP contribution in [-0.2, 0) is 0 Å². The molecule has 11 heteroatoms. The summed E-state index contributed by atoms with van der Waals surface area (Å²) in [5, 5.41) is 26.6. The molecular weight excluding hydrogens is 538 g/mol. The second-order valence-electron chi connectivity index (χ2n) is 10.9. The van der Waals surface area contributed by atoms with Crippen molar-refractivity contribution in [2.75, 3.05) is 23.3 Å². The van der Waals surface area contributed by atoms with E-state index in [1.165, 1.54) is 17.7 Å². The fourth-order valence-corrected chi connectivity index (χ4v) is 5.18. The van der Waals surface area contributed by atoms with Crippen molar-refractivity contribution in [1.29, 1.82) is 0 Å². The molecule has 1 aromatic heterocycles. The summed E-state index contributed by atoms with van der Waals surface area (Å²) in [4.78, 5) is 28.0. The molecule has 2 heterocycles. The van der Waals surface area contributed by atoms with E-state index < -0.39 is 10.8 Å². The van der Waals surface area contributed by atoms with Crippen molar-refractivity contribution in [3.63, 3.8) is 0 Å². The van der Waals surface area contributed by atoms with Crippen LogP contribution >= 0.6 is 12.2 Å². The fraction of sp³-hybridized carbons (Fsp3) is 0.333. The number of rotatable bonds is 6. The topological polar surface area (TPSA) is 118 Å². The number of nitro groups is 1. The molecule has 0 unspecified atom stereocenters. The van der Waals surface area contributed by atoms with Gasteiger partial charge in [0.1, 0.15) is 11.0 Å². The third-order valence-corrected chi connectivity index (χ3v) is 7.76. The molecular formula is C30H33N7O3S. The second kappa shape index (κ2) is 11.6. The van der Waals surface area contributed by atoms with Crippen LogP contribution in [-0.4, -0.2) is 44.0 Å². The van der Waals surface area contributed by atoms with Gasteiger partial charge in [-0.3, -0.25) is 20.2 Å². The molecule has 0 atom stereocenters. The van der Waals surface area contributed by atoms with Gasteiger partial charge < -0.3 is 10.2 Å². The van der Waals surface area contributed by atoms with Crippen LogP contribution in [0.5, 0.6) is 0 Å². The van der Waals surface area contributed by atoms with E-state index in [2.05, 4.69) is 58.6 Å². The van der Waals surface area contributed by atoms with Crippen LogP contribution in [0.3, 0.4) is 0 Å². The number of thiocarbonyl (C=S) groups is 1. The van der Waals surface area contributed by atoms with E-state index in [0.29, 0.717) is 28.7 Å². The number of benzene rings is 3. The first-order valence-electron chi connectivity index (χ1n) is 13.7. The van der Waals surface area contributed by atoms with Gasteiger partial charge in [-0.2, -0.15) is 4.80 Å². The van der Waals surface area contributed by atoms with Crippen molar-refractivity contribution in [2.45, 2.75) is 46.5 Å². The molecule has 0 bridgehead atoms. The van der Waals surface area contributed by atoms with Crippen molar-refractivity contribution in [2.24, 2.45) is 5.92 Å². The highest BCUT2D eigenvalue weighted by atomic mass is 32.1. The second-order valence-corrected chi connectivity index (χ2v) is 11.3. The third kappa shape index (κ3) is 6.19. The molecule has 0 saturated carbocycles. The van der Waals surface area contributed by atoms with E-state index >= 15 is 0 Å². The van der Waals surface area contributed by atoms with Gasteiger partial charge in [-0.1, -0.05) is 32.9 Å². The van der Waals surface area contributed by atoms with Crippen LogP contribution in [0.4, 0.5) is 17.1 Å². The summed E-state index contributed by atoms with van der Waals surface area (Å²) in [6.07, 6.45) is 1.99. The molecule has 2 N–H and O–H groups in total. The zero-order valence-electron chi connectivity index (χ0n) is 23.5. The molecule has 3 aromatic carbocycles. The molecule has 212 valence electrons. The number of piperidine rings is 1. The summed E-state index contributed by atoms with van der Waals surface area (Å²) in [6.45, 7) is 9.98. The molecule has 1 aliphatic rings. The molecule has 10 nitrogen and oxygen atoms in total. The smallest absolute Gasteiger partial charge is 0.270 e. The van der Waals surface area contributed by atoms with Crippen molar-refractivity contribution in [3.8, 4) is 5.69 Å². The Morgan fingerprint density at radius 1 is 1.05 bits per heavy atom. The first-order valence-corrected chi connectivity index (χ1v) is 14.1. The lowest BCUT2D eigenvalue weighted by molar-refractivity contribution is -0.384. The largest absolute Gasteiger partial charge is 0.371 e. The number of fused-ring (bicyclic) bond motifs is 1. The Bertz CT molecular complexity index is 1620. The number of nitrogens with one attached hydrogen (secondary N) is 2. The lowest BCUT2D eigenvalue weighted by Gasteiger charge is -2.33. The SMILES string of the molecule is Cc1cc2nn(-c3ccc(C(C)C)cc3)nc2cc1NC(=S)NC(=O)c1cc([N+](=O)[O-])ccc1N1CCC(C)CC1. The van der Waals surface area contributed by atoms with E-state index in [-0.39, 0.29) is 16.4 Å². The Morgan fingerprint density at radius 3 is 2.34 bits per heavy atom. The van der Waals surface area contributed by atoms with Gasteiger partial charge >= 0.3 is 0 Å². The van der Waals surface area contributed by atoms with Crippen LogP contribution < -0.4 is 15.5 Å². The van der Waals surface area contributed by atoms with Gasteiger partial charge in [0.05, 0.1) is 21.9 Å². The Labute approximate surface area is 243 Å². The molecule has 1 fully saturated rings. The average molecular weight is 572 g/mol. The molecule has 5 rings (SSSR count). The van der Waals surface area contributed by atoms with Crippen molar-refractivity contribution < 1.29 is 9.72 Å². The number of hydrogen-bond donors (Lipinski definition) is 2. The van der Waals surface area contributed by atoms with E-state index in [1.807, 2.05) is 31.2 Å². The van der Waals surface area contributed by atoms with Crippen LogP contribution in [0.1, 0.15) is 61.0 Å². The summed E-state index contributed by atoms with van der Waals surface area (Å²) in [5.41, 5.74) is 5.78. The Morgan fingerprint density at radius 2 is 1.71 bits per heavy atom. The number of anilines is 2. The van der Waals surface area contributed by atoms with E-state index in [4.69, 9.17) is 12.2 Å². The number of non-ortho nitro benzene ring substituents is 1. The van der Waals surface area contributed by atoms with Crippen LogP contribution in [0, 0.1) is 23.0 Å². The summed E-state index contributed by atoms with van der Waals surface area (Å²) in [5.74, 6) is 0.534. The summed E-state index contributed by atoms with van der Waals surface area (Å²) in [7, 11) is 0. The summed E-state index contributed by atoms with van der Waals surface area (Å²) < 4.78 is 0. The van der Waals surface area contributed by atoms with Gasteiger partial charge in [0.2, 0.25) is 0 Å². The average Bonchev–Trinajstić information content (AvgIpc) is 3.36. The number of amides is 1. The van der Waals surface area contributed by atoms with Gasteiger partial charge in [-0.05, 0) is 85.3 Å². The van der Waals surface area contributed by atoms with Crippen molar-refractivity contribution >= 4 is 51.3 Å². The Hall–Kier alpha value is -4.38. The molecule has 0 spiro atoms. The predicted octanol–water partition coefficient (Wildman–Crippen LogP) is 6.12. The molecule has 1 saturated heterocycles. The van der Waals surface area contributed by atoms with Crippen molar-refractivity contribution in [3.05, 3.63) is 81.4 Å². The van der Waals surface area contributed by atoms with E-state index in [1.54, 1.807) is 10.9 Å². The minimum Gasteiger partial charge on any atom is -0.371 e. The predicted molar refractivity (Wildman–Crippen MR) is 165 cm³/mol. The van der Waals surface area contributed by atoms with E-state index in [9.17, 15) is 14.9 Å².